The fraction of sp³-hybridized carbons (Fsp3) is 0.727. The third-order valence-corrected chi connectivity index (χ3v) is 2.84. The third-order valence-electron chi connectivity index (χ3n) is 2.84. The molecule has 0 aromatic carbocycles. The maximum Gasteiger partial charge on any atom is 0.328 e. The Morgan fingerprint density at radius 2 is 2.18 bits per heavy atom. The van der Waals surface area contributed by atoms with E-state index in [1.54, 1.807) is 31.9 Å². The van der Waals surface area contributed by atoms with E-state index in [1.807, 2.05) is 0 Å². The first-order valence-corrected chi connectivity index (χ1v) is 5.51. The van der Waals surface area contributed by atoms with Gasteiger partial charge < -0.3 is 9.84 Å². The summed E-state index contributed by atoms with van der Waals surface area (Å²) in [5.74, 6) is 0.581. The fourth-order valence-electron chi connectivity index (χ4n) is 1.85. The van der Waals surface area contributed by atoms with Gasteiger partial charge in [0.25, 0.3) is 0 Å². The lowest BCUT2D eigenvalue weighted by molar-refractivity contribution is -0.171. The topological polar surface area (TPSA) is 70.1 Å². The standard InChI is InChI=1S/C11H18N2O4/c1-8(2)10(11(15)16)13(4-5-14)12-6-9(7-12)17-3/h4,8-10H,6-7H2,1-3H3,(H,15,16)/t10-/m0/s1. The first kappa shape index (κ1) is 13.7. The Labute approximate surface area is 100 Å². The van der Waals surface area contributed by atoms with Gasteiger partial charge in [-0.05, 0) is 5.92 Å². The van der Waals surface area contributed by atoms with Gasteiger partial charge >= 0.3 is 5.97 Å². The minimum atomic E-state index is -0.952. The quantitative estimate of drug-likeness (QED) is 0.661. The fourth-order valence-corrected chi connectivity index (χ4v) is 1.85. The minimum absolute atomic E-state index is 0.0964. The normalized spacial score (nSPS) is 18.4. The summed E-state index contributed by atoms with van der Waals surface area (Å²) in [6.45, 7) is 4.78. The Hall–Kier alpha value is -1.36. The van der Waals surface area contributed by atoms with Crippen molar-refractivity contribution in [3.05, 3.63) is 6.20 Å². The van der Waals surface area contributed by atoms with E-state index < -0.39 is 12.0 Å². The summed E-state index contributed by atoms with van der Waals surface area (Å²) in [7, 11) is 1.61. The molecule has 0 radical (unpaired) electrons. The lowest BCUT2D eigenvalue weighted by Crippen LogP contribution is -2.62. The van der Waals surface area contributed by atoms with Crippen molar-refractivity contribution < 1.29 is 19.4 Å². The van der Waals surface area contributed by atoms with Crippen LogP contribution in [0.1, 0.15) is 13.8 Å². The summed E-state index contributed by atoms with van der Waals surface area (Å²) in [6, 6.07) is -0.755. The number of hydrazine groups is 1. The van der Waals surface area contributed by atoms with Crippen molar-refractivity contribution >= 4 is 11.9 Å². The van der Waals surface area contributed by atoms with Gasteiger partial charge in [0.1, 0.15) is 18.2 Å². The van der Waals surface area contributed by atoms with Crippen molar-refractivity contribution in [1.29, 1.82) is 0 Å². The molecule has 1 saturated heterocycles. The van der Waals surface area contributed by atoms with Crippen molar-refractivity contribution in [2.45, 2.75) is 26.0 Å². The molecule has 0 spiro atoms. The van der Waals surface area contributed by atoms with E-state index in [4.69, 9.17) is 4.74 Å². The smallest absolute Gasteiger partial charge is 0.328 e. The molecule has 1 rings (SSSR count). The molecule has 96 valence electrons. The van der Waals surface area contributed by atoms with E-state index in [0.717, 1.165) is 6.20 Å². The molecule has 1 aliphatic heterocycles. The molecule has 0 aliphatic carbocycles. The highest BCUT2D eigenvalue weighted by molar-refractivity contribution is 5.74. The van der Waals surface area contributed by atoms with Crippen LogP contribution in [0.3, 0.4) is 0 Å². The van der Waals surface area contributed by atoms with E-state index in [2.05, 4.69) is 0 Å². The van der Waals surface area contributed by atoms with Crippen LogP contribution in [0, 0.1) is 5.92 Å². The zero-order valence-electron chi connectivity index (χ0n) is 10.3. The zero-order chi connectivity index (χ0) is 13.0. The van der Waals surface area contributed by atoms with Crippen molar-refractivity contribution in [3.8, 4) is 0 Å². The van der Waals surface area contributed by atoms with E-state index in [0.29, 0.717) is 13.1 Å². The summed E-state index contributed by atoms with van der Waals surface area (Å²) in [6.07, 6.45) is 1.24. The van der Waals surface area contributed by atoms with E-state index >= 15 is 0 Å². The second kappa shape index (κ2) is 5.82. The molecular weight excluding hydrogens is 224 g/mol. The maximum atomic E-state index is 11.2. The summed E-state index contributed by atoms with van der Waals surface area (Å²) >= 11 is 0. The first-order chi connectivity index (χ1) is 8.01. The van der Waals surface area contributed by atoms with Crippen LogP contribution in [0.5, 0.6) is 0 Å². The number of methoxy groups -OCH3 is 1. The molecule has 1 aliphatic rings. The van der Waals surface area contributed by atoms with Gasteiger partial charge in [-0.3, -0.25) is 5.01 Å². The average molecular weight is 242 g/mol. The molecular formula is C11H18N2O4. The molecule has 0 aromatic rings. The van der Waals surface area contributed by atoms with Crippen LogP contribution in [0.15, 0.2) is 6.20 Å². The number of aliphatic carboxylic acids is 1. The minimum Gasteiger partial charge on any atom is -0.480 e. The molecule has 1 N–H and O–H groups in total. The maximum absolute atomic E-state index is 11.2. The second-order valence-corrected chi connectivity index (χ2v) is 4.38. The van der Waals surface area contributed by atoms with Crippen molar-refractivity contribution in [2.75, 3.05) is 20.2 Å². The number of hydrogen-bond acceptors (Lipinski definition) is 5. The highest BCUT2D eigenvalue weighted by Gasteiger charge is 2.37. The van der Waals surface area contributed by atoms with E-state index in [1.165, 1.54) is 5.01 Å². The Kier molecular flexibility index (Phi) is 4.69. The van der Waals surface area contributed by atoms with Gasteiger partial charge in [0.05, 0.1) is 6.10 Å². The summed E-state index contributed by atoms with van der Waals surface area (Å²) < 4.78 is 5.12. The van der Waals surface area contributed by atoms with Crippen molar-refractivity contribution in [1.82, 2.24) is 10.0 Å². The van der Waals surface area contributed by atoms with E-state index in [9.17, 15) is 14.7 Å². The van der Waals surface area contributed by atoms with Crippen LogP contribution in [-0.4, -0.2) is 59.4 Å². The predicted octanol–water partition coefficient (Wildman–Crippen LogP) is -0.0115. The Bertz CT molecular complexity index is 319. The molecule has 6 nitrogen and oxygen atoms in total. The molecule has 0 unspecified atom stereocenters. The van der Waals surface area contributed by atoms with Gasteiger partial charge in [0, 0.05) is 20.2 Å². The van der Waals surface area contributed by atoms with Gasteiger partial charge in [0.2, 0.25) is 0 Å². The Morgan fingerprint density at radius 3 is 2.53 bits per heavy atom. The first-order valence-electron chi connectivity index (χ1n) is 5.51. The molecule has 1 heterocycles. The lowest BCUT2D eigenvalue weighted by Gasteiger charge is -2.47. The molecule has 17 heavy (non-hydrogen) atoms. The van der Waals surface area contributed by atoms with Crippen LogP contribution in [0.25, 0.3) is 0 Å². The number of carboxylic acid groups (broad SMARTS) is 1. The number of carbonyl (C=O) groups is 1. The second-order valence-electron chi connectivity index (χ2n) is 4.38. The third kappa shape index (κ3) is 3.06. The molecule has 0 amide bonds. The molecule has 1 fully saturated rings. The highest BCUT2D eigenvalue weighted by Crippen LogP contribution is 2.20. The molecule has 0 aromatic heterocycles. The van der Waals surface area contributed by atoms with Crippen LogP contribution in [0.4, 0.5) is 0 Å². The zero-order valence-corrected chi connectivity index (χ0v) is 10.3. The van der Waals surface area contributed by atoms with Crippen LogP contribution >= 0.6 is 0 Å². The number of hydrogen-bond donors (Lipinski definition) is 1. The summed E-state index contributed by atoms with van der Waals surface area (Å²) in [5.41, 5.74) is 0. The van der Waals surface area contributed by atoms with Gasteiger partial charge in [0.15, 0.2) is 0 Å². The van der Waals surface area contributed by atoms with Gasteiger partial charge in [-0.15, -0.1) is 0 Å². The van der Waals surface area contributed by atoms with Crippen LogP contribution in [0.2, 0.25) is 0 Å². The summed E-state index contributed by atoms with van der Waals surface area (Å²) in [5, 5.41) is 12.4. The largest absolute Gasteiger partial charge is 0.480 e. The number of ether oxygens (including phenoxy) is 1. The van der Waals surface area contributed by atoms with Gasteiger partial charge in [-0.1, -0.05) is 13.8 Å². The number of carbonyl (C=O) groups excluding carboxylic acids is 1. The monoisotopic (exact) mass is 242 g/mol. The Morgan fingerprint density at radius 1 is 1.59 bits per heavy atom. The lowest BCUT2D eigenvalue weighted by atomic mass is 10.0. The number of rotatable bonds is 6. The SMILES string of the molecule is COC1CN(N(C=C=O)[C@H](C(=O)O)C(C)C)C1. The number of nitrogens with zero attached hydrogens (tertiary/aromatic N) is 2. The molecule has 1 atom stereocenters. The predicted molar refractivity (Wildman–Crippen MR) is 60.7 cm³/mol. The van der Waals surface area contributed by atoms with Crippen molar-refractivity contribution in [3.63, 3.8) is 0 Å². The molecule has 0 bridgehead atoms. The summed E-state index contributed by atoms with van der Waals surface area (Å²) in [4.78, 5) is 21.7. The average Bonchev–Trinajstić information content (AvgIpc) is 2.14. The van der Waals surface area contributed by atoms with E-state index in [-0.39, 0.29) is 12.0 Å². The Balaban J connectivity index is 2.77. The van der Waals surface area contributed by atoms with Crippen LogP contribution in [-0.2, 0) is 14.3 Å². The number of carboxylic acids is 1. The van der Waals surface area contributed by atoms with Crippen LogP contribution < -0.4 is 0 Å². The molecule has 0 saturated carbocycles. The molecule has 6 heteroatoms. The van der Waals surface area contributed by atoms with Gasteiger partial charge in [-0.25, -0.2) is 14.6 Å². The highest BCUT2D eigenvalue weighted by atomic mass is 16.5. The van der Waals surface area contributed by atoms with Crippen molar-refractivity contribution in [2.24, 2.45) is 5.92 Å². The van der Waals surface area contributed by atoms with Gasteiger partial charge in [-0.2, -0.15) is 0 Å².